The fourth-order valence-electron chi connectivity index (χ4n) is 2.01. The molecule has 1 saturated heterocycles. The van der Waals surface area contributed by atoms with Crippen molar-refractivity contribution < 1.29 is 9.84 Å². The fraction of sp³-hybridized carbons (Fsp3) is 0.800. The van der Waals surface area contributed by atoms with Gasteiger partial charge in [0.2, 0.25) is 0 Å². The van der Waals surface area contributed by atoms with Gasteiger partial charge in [-0.15, -0.1) is 0 Å². The van der Waals surface area contributed by atoms with Gasteiger partial charge in [-0.05, 0) is 37.9 Å². The Hall–Kier alpha value is -0.720. The monoisotopic (exact) mass is 243 g/mol. The molecule has 1 atom stereocenters. The highest BCUT2D eigenvalue weighted by molar-refractivity contribution is 7.71. The Bertz CT molecular complexity index is 382. The predicted molar refractivity (Wildman–Crippen MR) is 61.5 cm³/mol. The molecule has 90 valence electrons. The van der Waals surface area contributed by atoms with Gasteiger partial charge in [-0.1, -0.05) is 0 Å². The molecular formula is C10H17N3O2S. The number of nitrogens with zero attached hydrogens (tertiary/aromatic N) is 2. The highest BCUT2D eigenvalue weighted by Gasteiger charge is 2.14. The highest BCUT2D eigenvalue weighted by atomic mass is 32.1. The van der Waals surface area contributed by atoms with Gasteiger partial charge in [0.15, 0.2) is 10.6 Å². The molecule has 0 bridgehead atoms. The Balaban J connectivity index is 1.93. The number of H-pyrrole nitrogens is 1. The van der Waals surface area contributed by atoms with E-state index in [0.717, 1.165) is 26.0 Å². The summed E-state index contributed by atoms with van der Waals surface area (Å²) in [7, 11) is 0. The Labute approximate surface area is 99.4 Å². The third-order valence-electron chi connectivity index (χ3n) is 2.93. The number of hydrogen-bond donors (Lipinski definition) is 2. The van der Waals surface area contributed by atoms with E-state index in [1.165, 1.54) is 12.8 Å². The summed E-state index contributed by atoms with van der Waals surface area (Å²) < 4.78 is 8.06. The lowest BCUT2D eigenvalue weighted by molar-refractivity contribution is 0.00849. The number of aromatic nitrogens is 3. The third-order valence-corrected chi connectivity index (χ3v) is 3.24. The van der Waals surface area contributed by atoms with Crippen molar-refractivity contribution in [1.29, 1.82) is 0 Å². The van der Waals surface area contributed by atoms with Crippen LogP contribution in [0.3, 0.4) is 0 Å². The second-order valence-corrected chi connectivity index (χ2v) is 4.42. The topological polar surface area (TPSA) is 63.1 Å². The first-order valence-corrected chi connectivity index (χ1v) is 6.08. The standard InChI is InChI=1S/C10H17N3O2S/c14-7-9-11-12-10(16)13(9)5-4-8-3-1-2-6-15-8/h8,14H,1-7H2,(H,12,16). The van der Waals surface area contributed by atoms with Crippen molar-refractivity contribution in [3.8, 4) is 0 Å². The summed E-state index contributed by atoms with van der Waals surface area (Å²) in [6, 6.07) is 0. The highest BCUT2D eigenvalue weighted by Crippen LogP contribution is 2.16. The van der Waals surface area contributed by atoms with Crippen molar-refractivity contribution in [1.82, 2.24) is 14.8 Å². The van der Waals surface area contributed by atoms with E-state index >= 15 is 0 Å². The maximum absolute atomic E-state index is 9.09. The maximum atomic E-state index is 9.09. The van der Waals surface area contributed by atoms with Gasteiger partial charge in [0.05, 0.1) is 6.10 Å². The van der Waals surface area contributed by atoms with Gasteiger partial charge in [-0.3, -0.25) is 5.10 Å². The number of nitrogens with one attached hydrogen (secondary N) is 1. The zero-order chi connectivity index (χ0) is 11.4. The number of aliphatic hydroxyl groups excluding tert-OH is 1. The van der Waals surface area contributed by atoms with E-state index in [-0.39, 0.29) is 6.61 Å². The number of aromatic amines is 1. The van der Waals surface area contributed by atoms with Gasteiger partial charge in [-0.25, -0.2) is 0 Å². The van der Waals surface area contributed by atoms with E-state index in [0.29, 0.717) is 16.7 Å². The van der Waals surface area contributed by atoms with Gasteiger partial charge in [0, 0.05) is 13.2 Å². The third kappa shape index (κ3) is 2.69. The molecule has 16 heavy (non-hydrogen) atoms. The minimum absolute atomic E-state index is 0.0847. The molecular weight excluding hydrogens is 226 g/mol. The zero-order valence-corrected chi connectivity index (χ0v) is 10.0. The molecule has 1 aliphatic heterocycles. The molecule has 0 saturated carbocycles. The molecule has 2 N–H and O–H groups in total. The van der Waals surface area contributed by atoms with Crippen LogP contribution < -0.4 is 0 Å². The largest absolute Gasteiger partial charge is 0.388 e. The van der Waals surface area contributed by atoms with Crippen LogP contribution in [0.4, 0.5) is 0 Å². The molecule has 0 amide bonds. The molecule has 0 radical (unpaired) electrons. The number of rotatable bonds is 4. The number of aliphatic hydroxyl groups is 1. The lowest BCUT2D eigenvalue weighted by Gasteiger charge is -2.22. The summed E-state index contributed by atoms with van der Waals surface area (Å²) in [6.07, 6.45) is 4.80. The lowest BCUT2D eigenvalue weighted by Crippen LogP contribution is -2.21. The first-order chi connectivity index (χ1) is 7.81. The van der Waals surface area contributed by atoms with Crippen LogP contribution in [0.1, 0.15) is 31.5 Å². The molecule has 1 aromatic rings. The molecule has 0 aromatic carbocycles. The Morgan fingerprint density at radius 1 is 1.56 bits per heavy atom. The number of hydrogen-bond acceptors (Lipinski definition) is 4. The number of ether oxygens (including phenoxy) is 1. The Kier molecular flexibility index (Phi) is 4.09. The van der Waals surface area contributed by atoms with Crippen LogP contribution in [0.25, 0.3) is 0 Å². The van der Waals surface area contributed by atoms with Gasteiger partial charge in [0.25, 0.3) is 0 Å². The van der Waals surface area contributed by atoms with E-state index in [9.17, 15) is 0 Å². The molecule has 1 unspecified atom stereocenters. The van der Waals surface area contributed by atoms with Crippen LogP contribution in [0, 0.1) is 4.77 Å². The molecule has 6 heteroatoms. The van der Waals surface area contributed by atoms with Crippen molar-refractivity contribution in [2.75, 3.05) is 6.61 Å². The second-order valence-electron chi connectivity index (χ2n) is 4.03. The molecule has 2 rings (SSSR count). The maximum Gasteiger partial charge on any atom is 0.195 e. The summed E-state index contributed by atoms with van der Waals surface area (Å²) in [6.45, 7) is 1.54. The summed E-state index contributed by atoms with van der Waals surface area (Å²) in [4.78, 5) is 0. The molecule has 5 nitrogen and oxygen atoms in total. The van der Waals surface area contributed by atoms with Crippen LogP contribution >= 0.6 is 12.2 Å². The molecule has 0 spiro atoms. The van der Waals surface area contributed by atoms with Crippen molar-refractivity contribution in [3.63, 3.8) is 0 Å². The molecule has 2 heterocycles. The predicted octanol–water partition coefficient (Wildman–Crippen LogP) is 1.39. The van der Waals surface area contributed by atoms with Crippen molar-refractivity contribution in [2.24, 2.45) is 0 Å². The summed E-state index contributed by atoms with van der Waals surface area (Å²) in [5.74, 6) is 0.598. The van der Waals surface area contributed by atoms with E-state index in [1.807, 2.05) is 4.57 Å². The van der Waals surface area contributed by atoms with E-state index in [4.69, 9.17) is 22.1 Å². The molecule has 0 aliphatic carbocycles. The average Bonchev–Trinajstić information content (AvgIpc) is 2.69. The van der Waals surface area contributed by atoms with Crippen molar-refractivity contribution in [2.45, 2.75) is 44.9 Å². The fourth-order valence-corrected chi connectivity index (χ4v) is 2.25. The summed E-state index contributed by atoms with van der Waals surface area (Å²) in [5, 5.41) is 15.7. The van der Waals surface area contributed by atoms with E-state index in [2.05, 4.69) is 10.2 Å². The zero-order valence-electron chi connectivity index (χ0n) is 9.19. The van der Waals surface area contributed by atoms with Gasteiger partial charge < -0.3 is 14.4 Å². The minimum Gasteiger partial charge on any atom is -0.388 e. The Morgan fingerprint density at radius 3 is 3.12 bits per heavy atom. The van der Waals surface area contributed by atoms with Crippen LogP contribution in [0.5, 0.6) is 0 Å². The van der Waals surface area contributed by atoms with Gasteiger partial charge >= 0.3 is 0 Å². The SMILES string of the molecule is OCc1n[nH]c(=S)n1CCC1CCCCO1. The summed E-state index contributed by atoms with van der Waals surface area (Å²) in [5.41, 5.74) is 0. The van der Waals surface area contributed by atoms with Crippen LogP contribution in [-0.2, 0) is 17.9 Å². The molecule has 1 aliphatic rings. The first kappa shape index (κ1) is 11.8. The smallest absolute Gasteiger partial charge is 0.195 e. The first-order valence-electron chi connectivity index (χ1n) is 5.68. The quantitative estimate of drug-likeness (QED) is 0.784. The van der Waals surface area contributed by atoms with Crippen LogP contribution in [0.15, 0.2) is 0 Å². The van der Waals surface area contributed by atoms with Crippen LogP contribution in [0.2, 0.25) is 0 Å². The minimum atomic E-state index is -0.0847. The van der Waals surface area contributed by atoms with E-state index in [1.54, 1.807) is 0 Å². The molecule has 1 fully saturated rings. The normalized spacial score (nSPS) is 21.2. The van der Waals surface area contributed by atoms with E-state index < -0.39 is 0 Å². The molecule has 1 aromatic heterocycles. The van der Waals surface area contributed by atoms with Crippen molar-refractivity contribution in [3.05, 3.63) is 10.6 Å². The average molecular weight is 243 g/mol. The summed E-state index contributed by atoms with van der Waals surface area (Å²) >= 11 is 5.10. The van der Waals surface area contributed by atoms with Gasteiger partial charge in [0.1, 0.15) is 6.61 Å². The lowest BCUT2D eigenvalue weighted by atomic mass is 10.1. The second kappa shape index (κ2) is 5.56. The van der Waals surface area contributed by atoms with Gasteiger partial charge in [-0.2, -0.15) is 5.10 Å². The Morgan fingerprint density at radius 2 is 2.44 bits per heavy atom. The van der Waals surface area contributed by atoms with Crippen molar-refractivity contribution >= 4 is 12.2 Å². The van der Waals surface area contributed by atoms with Crippen LogP contribution in [-0.4, -0.2) is 32.6 Å².